The highest BCUT2D eigenvalue weighted by Gasteiger charge is 2.12. The summed E-state index contributed by atoms with van der Waals surface area (Å²) < 4.78 is 26.8. The molecule has 136 valence electrons. The molecule has 0 bridgehead atoms. The molecule has 0 saturated heterocycles. The molecule has 1 atom stereocenters. The molecule has 2 rings (SSSR count). The minimum atomic E-state index is -0.996. The second-order valence-corrected chi connectivity index (χ2v) is 5.24. The summed E-state index contributed by atoms with van der Waals surface area (Å²) in [7, 11) is 0. The van der Waals surface area contributed by atoms with Crippen LogP contribution in [0.25, 0.3) is 0 Å². The van der Waals surface area contributed by atoms with Crippen molar-refractivity contribution >= 4 is 29.9 Å². The molecule has 0 aliphatic heterocycles. The zero-order valence-electron chi connectivity index (χ0n) is 13.9. The molecule has 0 aliphatic rings. The molecule has 0 radical (unpaired) electrons. The Morgan fingerprint density at radius 1 is 1.12 bits per heavy atom. The van der Waals surface area contributed by atoms with Crippen molar-refractivity contribution < 1.29 is 13.9 Å². The molecule has 0 aromatic heterocycles. The Kier molecular flexibility index (Phi) is 9.36. The van der Waals surface area contributed by atoms with Crippen LogP contribution in [-0.2, 0) is 6.54 Å². The number of benzene rings is 2. The van der Waals surface area contributed by atoms with Gasteiger partial charge in [0.1, 0.15) is 11.6 Å². The lowest BCUT2D eigenvalue weighted by Gasteiger charge is -2.16. The van der Waals surface area contributed by atoms with E-state index >= 15 is 0 Å². The van der Waals surface area contributed by atoms with Crippen molar-refractivity contribution in [2.24, 2.45) is 4.99 Å². The first kappa shape index (κ1) is 21.3. The predicted octanol–water partition coefficient (Wildman–Crippen LogP) is 3.37. The summed E-state index contributed by atoms with van der Waals surface area (Å²) in [6.45, 7) is 2.94. The molecule has 0 saturated carbocycles. The largest absolute Gasteiger partial charge is 0.386 e. The van der Waals surface area contributed by atoms with E-state index in [0.717, 1.165) is 5.56 Å². The van der Waals surface area contributed by atoms with E-state index < -0.39 is 11.9 Å². The third-order valence-electron chi connectivity index (χ3n) is 3.38. The van der Waals surface area contributed by atoms with Crippen LogP contribution >= 0.6 is 24.0 Å². The molecule has 0 fully saturated rings. The lowest BCUT2D eigenvalue weighted by molar-refractivity contribution is 0.176. The quantitative estimate of drug-likeness (QED) is 0.352. The summed E-state index contributed by atoms with van der Waals surface area (Å²) in [5.41, 5.74) is 0.966. The summed E-state index contributed by atoms with van der Waals surface area (Å²) in [6.07, 6.45) is -0.996. The fourth-order valence-corrected chi connectivity index (χ4v) is 2.20. The molecular formula is C18H22F2IN3O. The minimum absolute atomic E-state index is 0. The second-order valence-electron chi connectivity index (χ2n) is 5.24. The van der Waals surface area contributed by atoms with Crippen LogP contribution in [0.2, 0.25) is 0 Å². The number of aliphatic hydroxyl groups excluding tert-OH is 1. The van der Waals surface area contributed by atoms with Crippen molar-refractivity contribution in [2.45, 2.75) is 19.6 Å². The van der Waals surface area contributed by atoms with E-state index in [1.54, 1.807) is 30.3 Å². The number of hydrogen-bond donors (Lipinski definition) is 3. The smallest absolute Gasteiger partial charge is 0.191 e. The van der Waals surface area contributed by atoms with Crippen LogP contribution < -0.4 is 10.6 Å². The van der Waals surface area contributed by atoms with Crippen molar-refractivity contribution in [3.63, 3.8) is 0 Å². The number of aliphatic hydroxyl groups is 1. The molecule has 3 N–H and O–H groups in total. The number of rotatable bonds is 6. The van der Waals surface area contributed by atoms with Crippen molar-refractivity contribution in [3.8, 4) is 0 Å². The van der Waals surface area contributed by atoms with E-state index in [2.05, 4.69) is 15.6 Å². The van der Waals surface area contributed by atoms with Crippen LogP contribution in [0.1, 0.15) is 24.2 Å². The normalized spacial score (nSPS) is 12.2. The van der Waals surface area contributed by atoms with E-state index in [4.69, 9.17) is 0 Å². The maximum absolute atomic E-state index is 13.7. The molecule has 1 unspecified atom stereocenters. The summed E-state index contributed by atoms with van der Waals surface area (Å²) in [5.74, 6) is -0.290. The third kappa shape index (κ3) is 6.95. The maximum atomic E-state index is 13.7. The van der Waals surface area contributed by atoms with Gasteiger partial charge in [-0.15, -0.1) is 24.0 Å². The van der Waals surface area contributed by atoms with E-state index in [1.807, 2.05) is 6.92 Å². The second kappa shape index (κ2) is 11.0. The van der Waals surface area contributed by atoms with Crippen LogP contribution in [0.3, 0.4) is 0 Å². The highest BCUT2D eigenvalue weighted by molar-refractivity contribution is 14.0. The van der Waals surface area contributed by atoms with Crippen LogP contribution in [-0.4, -0.2) is 24.2 Å². The fourth-order valence-electron chi connectivity index (χ4n) is 2.20. The van der Waals surface area contributed by atoms with Crippen LogP contribution in [0.5, 0.6) is 0 Å². The first-order valence-corrected chi connectivity index (χ1v) is 7.79. The van der Waals surface area contributed by atoms with Gasteiger partial charge in [-0.3, -0.25) is 0 Å². The standard InChI is InChI=1S/C18H21F2N3O.HI/c1-2-21-18(22-11-13-6-5-7-14(19)10-13)23-12-17(24)15-8-3-4-9-16(15)20;/h3-10,17,24H,2,11-12H2,1H3,(H2,21,22,23);1H. The van der Waals surface area contributed by atoms with Crippen molar-refractivity contribution in [2.75, 3.05) is 13.1 Å². The van der Waals surface area contributed by atoms with Gasteiger partial charge in [0.05, 0.1) is 12.6 Å². The number of guanidine groups is 1. The SMILES string of the molecule is CCNC(=NCc1cccc(F)c1)NCC(O)c1ccccc1F.I. The van der Waals surface area contributed by atoms with E-state index in [9.17, 15) is 13.9 Å². The summed E-state index contributed by atoms with van der Waals surface area (Å²) in [4.78, 5) is 4.34. The summed E-state index contributed by atoms with van der Waals surface area (Å²) >= 11 is 0. The van der Waals surface area contributed by atoms with Crippen molar-refractivity contribution in [1.82, 2.24) is 10.6 Å². The molecule has 4 nitrogen and oxygen atoms in total. The van der Waals surface area contributed by atoms with Gasteiger partial charge in [0.2, 0.25) is 0 Å². The Balaban J connectivity index is 0.00000312. The van der Waals surface area contributed by atoms with Crippen LogP contribution in [0.15, 0.2) is 53.5 Å². The lowest BCUT2D eigenvalue weighted by Crippen LogP contribution is -2.39. The number of aliphatic imine (C=N–C) groups is 1. The molecule has 0 heterocycles. The van der Waals surface area contributed by atoms with Gasteiger partial charge in [-0.2, -0.15) is 0 Å². The summed E-state index contributed by atoms with van der Waals surface area (Å²) in [5, 5.41) is 16.1. The number of nitrogens with one attached hydrogen (secondary N) is 2. The Labute approximate surface area is 163 Å². The average Bonchev–Trinajstić information content (AvgIpc) is 2.57. The topological polar surface area (TPSA) is 56.7 Å². The lowest BCUT2D eigenvalue weighted by atomic mass is 10.1. The van der Waals surface area contributed by atoms with Gasteiger partial charge >= 0.3 is 0 Å². The number of hydrogen-bond acceptors (Lipinski definition) is 2. The predicted molar refractivity (Wildman–Crippen MR) is 106 cm³/mol. The molecule has 0 aliphatic carbocycles. The van der Waals surface area contributed by atoms with Gasteiger partial charge in [-0.25, -0.2) is 13.8 Å². The van der Waals surface area contributed by atoms with Gasteiger partial charge < -0.3 is 15.7 Å². The summed E-state index contributed by atoms with van der Waals surface area (Å²) in [6, 6.07) is 12.3. The average molecular weight is 461 g/mol. The van der Waals surface area contributed by atoms with E-state index in [1.165, 1.54) is 18.2 Å². The Morgan fingerprint density at radius 3 is 2.56 bits per heavy atom. The molecule has 2 aromatic rings. The van der Waals surface area contributed by atoms with Crippen LogP contribution in [0, 0.1) is 11.6 Å². The third-order valence-corrected chi connectivity index (χ3v) is 3.38. The highest BCUT2D eigenvalue weighted by atomic mass is 127. The minimum Gasteiger partial charge on any atom is -0.386 e. The molecule has 0 spiro atoms. The van der Waals surface area contributed by atoms with Gasteiger partial charge in [0.15, 0.2) is 5.96 Å². The molecule has 2 aromatic carbocycles. The van der Waals surface area contributed by atoms with E-state index in [-0.39, 0.29) is 41.9 Å². The zero-order valence-corrected chi connectivity index (χ0v) is 16.2. The van der Waals surface area contributed by atoms with Gasteiger partial charge in [0, 0.05) is 18.7 Å². The van der Waals surface area contributed by atoms with Crippen molar-refractivity contribution in [3.05, 3.63) is 71.3 Å². The molecular weight excluding hydrogens is 439 g/mol. The Hall–Kier alpha value is -1.74. The monoisotopic (exact) mass is 461 g/mol. The first-order valence-electron chi connectivity index (χ1n) is 7.79. The van der Waals surface area contributed by atoms with E-state index in [0.29, 0.717) is 19.0 Å². The number of nitrogens with zero attached hydrogens (tertiary/aromatic N) is 1. The van der Waals surface area contributed by atoms with Gasteiger partial charge in [-0.05, 0) is 30.7 Å². The number of halogens is 3. The molecule has 25 heavy (non-hydrogen) atoms. The Bertz CT molecular complexity index is 698. The van der Waals surface area contributed by atoms with Crippen LogP contribution in [0.4, 0.5) is 8.78 Å². The van der Waals surface area contributed by atoms with Gasteiger partial charge in [-0.1, -0.05) is 30.3 Å². The van der Waals surface area contributed by atoms with Gasteiger partial charge in [0.25, 0.3) is 0 Å². The molecule has 0 amide bonds. The highest BCUT2D eigenvalue weighted by Crippen LogP contribution is 2.15. The fraction of sp³-hybridized carbons (Fsp3) is 0.278. The molecule has 7 heteroatoms. The Morgan fingerprint density at radius 2 is 1.88 bits per heavy atom. The van der Waals surface area contributed by atoms with Crippen molar-refractivity contribution in [1.29, 1.82) is 0 Å². The first-order chi connectivity index (χ1) is 11.6. The zero-order chi connectivity index (χ0) is 17.4. The maximum Gasteiger partial charge on any atom is 0.191 e.